The summed E-state index contributed by atoms with van der Waals surface area (Å²) in [5.74, 6) is -1.77. The van der Waals surface area contributed by atoms with Crippen molar-refractivity contribution in [1.29, 1.82) is 0 Å². The number of fused-ring (bicyclic) bond motifs is 2. The number of nitrogens with zero attached hydrogens (tertiary/aromatic N) is 3. The Morgan fingerprint density at radius 1 is 1.24 bits per heavy atom. The number of carboxylic acid groups (broad SMARTS) is 1. The molecule has 45 heavy (non-hydrogen) atoms. The molecule has 250 valence electrons. The van der Waals surface area contributed by atoms with Crippen LogP contribution in [0.2, 0.25) is 0 Å². The van der Waals surface area contributed by atoms with E-state index in [1.165, 1.54) is 0 Å². The average molecular weight is 669 g/mol. The number of aliphatic carboxylic acids is 1. The summed E-state index contributed by atoms with van der Waals surface area (Å²) in [5, 5.41) is 13.7. The van der Waals surface area contributed by atoms with Crippen LogP contribution in [0.25, 0.3) is 0 Å². The SMILES string of the molecule is Cc1nc2c(c(=O)n1CCOC1CCC(Cl)CC1C1CC(C)NC3C(C(=O)O)CSC13)C[C@@H](N1CCC[C@@]3(C1)CC3(F)F)CC2. The predicted octanol–water partition coefficient (Wildman–Crippen LogP) is 4.51. The first kappa shape index (κ1) is 32.3. The summed E-state index contributed by atoms with van der Waals surface area (Å²) in [4.78, 5) is 32.9. The third kappa shape index (κ3) is 6.00. The second kappa shape index (κ2) is 12.3. The van der Waals surface area contributed by atoms with Gasteiger partial charge in [0.25, 0.3) is 11.5 Å². The summed E-state index contributed by atoms with van der Waals surface area (Å²) in [5.41, 5.74) is 0.724. The van der Waals surface area contributed by atoms with Crippen molar-refractivity contribution >= 4 is 29.3 Å². The first-order valence-corrected chi connectivity index (χ1v) is 18.5. The second-order valence-electron chi connectivity index (χ2n) is 14.9. The van der Waals surface area contributed by atoms with Crippen molar-refractivity contribution in [2.24, 2.45) is 23.2 Å². The van der Waals surface area contributed by atoms with E-state index in [4.69, 9.17) is 21.3 Å². The van der Waals surface area contributed by atoms with Crippen LogP contribution < -0.4 is 10.9 Å². The van der Waals surface area contributed by atoms with E-state index in [0.29, 0.717) is 56.5 Å². The maximum atomic E-state index is 14.2. The molecule has 0 aromatic carbocycles. The van der Waals surface area contributed by atoms with Crippen molar-refractivity contribution in [2.75, 3.05) is 25.4 Å². The highest BCUT2D eigenvalue weighted by Gasteiger charge is 2.71. The zero-order valence-electron chi connectivity index (χ0n) is 26.4. The van der Waals surface area contributed by atoms with E-state index in [2.05, 4.69) is 17.1 Å². The van der Waals surface area contributed by atoms with Crippen LogP contribution in [0.5, 0.6) is 0 Å². The summed E-state index contributed by atoms with van der Waals surface area (Å²) in [6.07, 6.45) is 7.08. The Balaban J connectivity index is 1.02. The van der Waals surface area contributed by atoms with E-state index < -0.39 is 17.3 Å². The minimum Gasteiger partial charge on any atom is -0.481 e. The van der Waals surface area contributed by atoms with Crippen LogP contribution in [0.4, 0.5) is 8.78 Å². The monoisotopic (exact) mass is 668 g/mol. The highest BCUT2D eigenvalue weighted by atomic mass is 35.5. The standard InChI is InChI=1S/C33H47ClF2N4O4S/c1-18-12-23(29-28(37-18)25(15-45-29)31(42)43)22-13-20(34)4-7-27(22)44-11-10-40-19(2)38-26-6-5-21(14-24(26)30(40)41)39-9-3-8-32(17-39)16-33(32,35)36/h18,20-23,25,27-29,37H,3-17H2,1-2H3,(H,42,43)/t18?,20?,21-,22?,23?,25?,27?,28?,29?,32-/m0/s1. The molecule has 7 rings (SSSR count). The normalized spacial score (nSPS) is 41.0. The van der Waals surface area contributed by atoms with Gasteiger partial charge in [-0.3, -0.25) is 19.1 Å². The number of nitrogens with one attached hydrogen (secondary N) is 1. The van der Waals surface area contributed by atoms with E-state index in [1.54, 1.807) is 16.3 Å². The van der Waals surface area contributed by atoms with Gasteiger partial charge in [-0.2, -0.15) is 11.8 Å². The molecule has 2 saturated carbocycles. The topological polar surface area (TPSA) is 96.7 Å². The molecule has 1 spiro atoms. The van der Waals surface area contributed by atoms with Gasteiger partial charge >= 0.3 is 5.97 Å². The van der Waals surface area contributed by atoms with E-state index in [-0.39, 0.29) is 58.7 Å². The van der Waals surface area contributed by atoms with Gasteiger partial charge in [0.1, 0.15) is 5.82 Å². The summed E-state index contributed by atoms with van der Waals surface area (Å²) in [6.45, 7) is 6.08. The minimum atomic E-state index is -2.55. The number of halogens is 3. The van der Waals surface area contributed by atoms with Gasteiger partial charge in [0.15, 0.2) is 0 Å². The maximum Gasteiger partial charge on any atom is 0.308 e. The fraction of sp³-hybridized carbons (Fsp3) is 0.848. The smallest absolute Gasteiger partial charge is 0.308 e. The van der Waals surface area contributed by atoms with Crippen molar-refractivity contribution in [2.45, 2.75) is 125 Å². The van der Waals surface area contributed by atoms with E-state index >= 15 is 0 Å². The number of hydrogen-bond acceptors (Lipinski definition) is 7. The van der Waals surface area contributed by atoms with Crippen molar-refractivity contribution in [1.82, 2.24) is 19.8 Å². The number of ether oxygens (including phenoxy) is 1. The molecular weight excluding hydrogens is 622 g/mol. The molecule has 3 aliphatic carbocycles. The molecule has 3 aliphatic heterocycles. The Kier molecular flexibility index (Phi) is 8.84. The number of hydrogen-bond donors (Lipinski definition) is 2. The van der Waals surface area contributed by atoms with Crippen molar-refractivity contribution < 1.29 is 23.4 Å². The molecule has 1 aromatic heterocycles. The number of thioether (sulfide) groups is 1. The number of piperidine rings is 2. The molecule has 1 aromatic rings. The number of carboxylic acids is 1. The summed E-state index contributed by atoms with van der Waals surface area (Å²) < 4.78 is 36.7. The van der Waals surface area contributed by atoms with Crippen LogP contribution in [0.1, 0.15) is 75.4 Å². The van der Waals surface area contributed by atoms with Gasteiger partial charge < -0.3 is 15.2 Å². The first-order valence-electron chi connectivity index (χ1n) is 17.0. The van der Waals surface area contributed by atoms with Crippen molar-refractivity contribution in [3.05, 3.63) is 27.4 Å². The Labute approximate surface area is 273 Å². The van der Waals surface area contributed by atoms with Crippen LogP contribution in [-0.4, -0.2) is 91.8 Å². The summed E-state index contributed by atoms with van der Waals surface area (Å²) in [6, 6.07) is 0.293. The fourth-order valence-electron chi connectivity index (χ4n) is 9.60. The lowest BCUT2D eigenvalue weighted by Gasteiger charge is -2.47. The van der Waals surface area contributed by atoms with Crippen molar-refractivity contribution in [3.63, 3.8) is 0 Å². The van der Waals surface area contributed by atoms with E-state index in [9.17, 15) is 23.5 Å². The number of aryl methyl sites for hydroxylation is 2. The molecule has 0 bridgehead atoms. The molecule has 2 N–H and O–H groups in total. The van der Waals surface area contributed by atoms with Gasteiger partial charge in [0.05, 0.1) is 36.3 Å². The number of aromatic nitrogens is 2. The van der Waals surface area contributed by atoms with Gasteiger partial charge in [-0.15, -0.1) is 11.6 Å². The molecule has 5 fully saturated rings. The Hall–Kier alpha value is -1.27. The van der Waals surface area contributed by atoms with Crippen molar-refractivity contribution in [3.8, 4) is 0 Å². The third-order valence-electron chi connectivity index (χ3n) is 12.1. The van der Waals surface area contributed by atoms with Gasteiger partial charge in [0, 0.05) is 53.0 Å². The Morgan fingerprint density at radius 3 is 2.80 bits per heavy atom. The molecule has 3 saturated heterocycles. The molecule has 12 heteroatoms. The van der Waals surface area contributed by atoms with E-state index in [0.717, 1.165) is 56.3 Å². The van der Waals surface area contributed by atoms with Gasteiger partial charge in [0.2, 0.25) is 0 Å². The van der Waals surface area contributed by atoms with Gasteiger partial charge in [-0.1, -0.05) is 0 Å². The van der Waals surface area contributed by atoms with Crippen LogP contribution in [0.3, 0.4) is 0 Å². The number of rotatable bonds is 7. The molecule has 4 heterocycles. The summed E-state index contributed by atoms with van der Waals surface area (Å²) >= 11 is 8.51. The van der Waals surface area contributed by atoms with Crippen LogP contribution >= 0.6 is 23.4 Å². The zero-order chi connectivity index (χ0) is 31.7. The predicted molar refractivity (Wildman–Crippen MR) is 170 cm³/mol. The fourth-order valence-corrected chi connectivity index (χ4v) is 11.7. The molecular formula is C33H47ClF2N4O4S. The lowest BCUT2D eigenvalue weighted by molar-refractivity contribution is -0.142. The lowest BCUT2D eigenvalue weighted by Crippen LogP contribution is -2.57. The molecule has 6 aliphatic rings. The maximum absolute atomic E-state index is 14.2. The zero-order valence-corrected chi connectivity index (χ0v) is 27.9. The van der Waals surface area contributed by atoms with Crippen LogP contribution in [-0.2, 0) is 28.9 Å². The van der Waals surface area contributed by atoms with Crippen LogP contribution in [0.15, 0.2) is 4.79 Å². The third-order valence-corrected chi connectivity index (χ3v) is 14.1. The number of alkyl halides is 3. The Bertz CT molecular complexity index is 1370. The van der Waals surface area contributed by atoms with Crippen LogP contribution in [0, 0.1) is 30.1 Å². The molecule has 0 amide bonds. The first-order chi connectivity index (χ1) is 21.5. The average Bonchev–Trinajstić information content (AvgIpc) is 3.29. The quantitative estimate of drug-likeness (QED) is 0.410. The molecule has 8 unspecified atom stereocenters. The number of likely N-dealkylation sites (tertiary alicyclic amines) is 1. The lowest BCUT2D eigenvalue weighted by atomic mass is 9.70. The van der Waals surface area contributed by atoms with E-state index in [1.807, 2.05) is 6.92 Å². The second-order valence-corrected chi connectivity index (χ2v) is 16.7. The van der Waals surface area contributed by atoms with Gasteiger partial charge in [-0.25, -0.2) is 13.8 Å². The Morgan fingerprint density at radius 2 is 2.04 bits per heavy atom. The largest absolute Gasteiger partial charge is 0.481 e. The number of carbonyl (C=O) groups is 1. The molecule has 10 atom stereocenters. The summed E-state index contributed by atoms with van der Waals surface area (Å²) in [7, 11) is 0. The highest BCUT2D eigenvalue weighted by molar-refractivity contribution is 8.00. The molecule has 0 radical (unpaired) electrons. The molecule has 8 nitrogen and oxygen atoms in total. The highest BCUT2D eigenvalue weighted by Crippen LogP contribution is 2.64. The minimum absolute atomic E-state index is 0.000350. The van der Waals surface area contributed by atoms with Gasteiger partial charge in [-0.05, 0) is 90.0 Å².